The zero-order valence-corrected chi connectivity index (χ0v) is 10.7. The average Bonchev–Trinajstić information content (AvgIpc) is 2.16. The predicted octanol–water partition coefficient (Wildman–Crippen LogP) is 4.11. The molecule has 0 unspecified atom stereocenters. The molecule has 0 aromatic heterocycles. The summed E-state index contributed by atoms with van der Waals surface area (Å²) in [7, 11) is 0. The number of Topliss-reactive ketones (excluding diaryl/α,β-unsaturated/α-hetero) is 1. The molecule has 0 saturated carbocycles. The number of halogens is 1. The summed E-state index contributed by atoms with van der Waals surface area (Å²) in [5, 5.41) is 0.469. The number of carbonyl (C=O) groups is 1. The number of hydrogen-bond donors (Lipinski definition) is 0. The van der Waals surface area contributed by atoms with Crippen molar-refractivity contribution in [3.05, 3.63) is 28.8 Å². The first kappa shape index (κ1) is 13.0. The summed E-state index contributed by atoms with van der Waals surface area (Å²) < 4.78 is 5.49. The Morgan fingerprint density at radius 3 is 2.62 bits per heavy atom. The third-order valence-electron chi connectivity index (χ3n) is 2.09. The maximum Gasteiger partial charge on any atom is 0.164 e. The number of ketones is 1. The number of rotatable bonds is 5. The van der Waals surface area contributed by atoms with Gasteiger partial charge in [-0.1, -0.05) is 18.5 Å². The predicted molar refractivity (Wildman–Crippen MR) is 66.5 cm³/mol. The molecule has 0 radical (unpaired) electrons. The second-order valence-electron chi connectivity index (χ2n) is 3.98. The highest BCUT2D eigenvalue weighted by Gasteiger charge is 2.10. The van der Waals surface area contributed by atoms with E-state index in [1.165, 1.54) is 0 Å². The first-order valence-corrected chi connectivity index (χ1v) is 5.91. The molecule has 1 rings (SSSR count). The number of ether oxygens (including phenoxy) is 1. The molecule has 0 heterocycles. The van der Waals surface area contributed by atoms with Gasteiger partial charge in [0.05, 0.1) is 11.1 Å². The summed E-state index contributed by atoms with van der Waals surface area (Å²) >= 11 is 6.04. The van der Waals surface area contributed by atoms with Crippen LogP contribution >= 0.6 is 11.6 Å². The van der Waals surface area contributed by atoms with Crippen molar-refractivity contribution in [1.29, 1.82) is 0 Å². The lowest BCUT2D eigenvalue weighted by molar-refractivity contribution is 0.0982. The fourth-order valence-corrected chi connectivity index (χ4v) is 1.71. The number of hydrogen-bond acceptors (Lipinski definition) is 2. The van der Waals surface area contributed by atoms with E-state index < -0.39 is 0 Å². The van der Waals surface area contributed by atoms with Crippen molar-refractivity contribution in [2.45, 2.75) is 39.7 Å². The van der Waals surface area contributed by atoms with E-state index in [-0.39, 0.29) is 11.9 Å². The van der Waals surface area contributed by atoms with Gasteiger partial charge in [0.25, 0.3) is 0 Å². The molecule has 3 heteroatoms. The Labute approximate surface area is 102 Å². The van der Waals surface area contributed by atoms with Crippen LogP contribution < -0.4 is 4.74 Å². The molecular formula is C13H17ClO2. The highest BCUT2D eigenvalue weighted by molar-refractivity contribution is 6.34. The second-order valence-corrected chi connectivity index (χ2v) is 4.39. The molecule has 2 nitrogen and oxygen atoms in total. The Morgan fingerprint density at radius 1 is 1.44 bits per heavy atom. The van der Waals surface area contributed by atoms with E-state index in [0.29, 0.717) is 22.8 Å². The molecule has 16 heavy (non-hydrogen) atoms. The fourth-order valence-electron chi connectivity index (χ4n) is 1.43. The average molecular weight is 241 g/mol. The monoisotopic (exact) mass is 240 g/mol. The van der Waals surface area contributed by atoms with Gasteiger partial charge < -0.3 is 4.74 Å². The van der Waals surface area contributed by atoms with Gasteiger partial charge in [0.2, 0.25) is 0 Å². The lowest BCUT2D eigenvalue weighted by Gasteiger charge is -2.11. The van der Waals surface area contributed by atoms with Crippen molar-refractivity contribution in [1.82, 2.24) is 0 Å². The molecule has 1 aromatic rings. The molecule has 88 valence electrons. The van der Waals surface area contributed by atoms with Gasteiger partial charge in [-0.05, 0) is 38.5 Å². The summed E-state index contributed by atoms with van der Waals surface area (Å²) in [6, 6.07) is 5.22. The van der Waals surface area contributed by atoms with Gasteiger partial charge in [-0.15, -0.1) is 0 Å². The molecule has 0 N–H and O–H groups in total. The Hall–Kier alpha value is -1.02. The van der Waals surface area contributed by atoms with Crippen molar-refractivity contribution < 1.29 is 9.53 Å². The summed E-state index contributed by atoms with van der Waals surface area (Å²) in [5.41, 5.74) is 0.583. The van der Waals surface area contributed by atoms with Crippen LogP contribution in [0.1, 0.15) is 44.0 Å². The minimum absolute atomic E-state index is 0.0867. The van der Waals surface area contributed by atoms with Crippen LogP contribution in [-0.4, -0.2) is 11.9 Å². The van der Waals surface area contributed by atoms with Crippen LogP contribution in [0.3, 0.4) is 0 Å². The van der Waals surface area contributed by atoms with E-state index in [0.717, 1.165) is 6.42 Å². The van der Waals surface area contributed by atoms with Crippen molar-refractivity contribution in [2.24, 2.45) is 0 Å². The zero-order chi connectivity index (χ0) is 12.1. The van der Waals surface area contributed by atoms with Crippen molar-refractivity contribution in [2.75, 3.05) is 0 Å². The molecular weight excluding hydrogens is 224 g/mol. The first-order valence-electron chi connectivity index (χ1n) is 5.54. The fraction of sp³-hybridized carbons (Fsp3) is 0.462. The Morgan fingerprint density at radius 2 is 2.12 bits per heavy atom. The molecule has 0 spiro atoms. The molecule has 0 fully saturated rings. The Balaban J connectivity index is 2.87. The maximum absolute atomic E-state index is 11.7. The maximum atomic E-state index is 11.7. The summed E-state index contributed by atoms with van der Waals surface area (Å²) in [6.07, 6.45) is 1.47. The van der Waals surface area contributed by atoms with Crippen LogP contribution in [0.25, 0.3) is 0 Å². The third kappa shape index (κ3) is 3.53. The summed E-state index contributed by atoms with van der Waals surface area (Å²) in [4.78, 5) is 11.7. The highest BCUT2D eigenvalue weighted by atomic mass is 35.5. The van der Waals surface area contributed by atoms with Gasteiger partial charge >= 0.3 is 0 Å². The molecule has 0 bridgehead atoms. The van der Waals surface area contributed by atoms with E-state index in [1.54, 1.807) is 18.2 Å². The number of benzene rings is 1. The standard InChI is InChI=1S/C13H17ClO2/c1-4-5-13(15)11-7-6-10(8-12(11)14)16-9(2)3/h6-9H,4-5H2,1-3H3. The first-order chi connectivity index (χ1) is 7.54. The van der Waals surface area contributed by atoms with Crippen LogP contribution in [0.4, 0.5) is 0 Å². The van der Waals surface area contributed by atoms with Gasteiger partial charge in [0.15, 0.2) is 5.78 Å². The third-order valence-corrected chi connectivity index (χ3v) is 2.40. The van der Waals surface area contributed by atoms with Gasteiger partial charge in [-0.3, -0.25) is 4.79 Å². The minimum atomic E-state index is 0.0867. The summed E-state index contributed by atoms with van der Waals surface area (Å²) in [6.45, 7) is 5.87. The molecule has 0 aliphatic rings. The van der Waals surface area contributed by atoms with E-state index in [4.69, 9.17) is 16.3 Å². The normalized spacial score (nSPS) is 10.6. The van der Waals surface area contributed by atoms with Crippen LogP contribution in [0.2, 0.25) is 5.02 Å². The lowest BCUT2D eigenvalue weighted by Crippen LogP contribution is -2.06. The van der Waals surface area contributed by atoms with Crippen LogP contribution in [0.5, 0.6) is 5.75 Å². The van der Waals surface area contributed by atoms with E-state index in [1.807, 2.05) is 20.8 Å². The van der Waals surface area contributed by atoms with Crippen LogP contribution in [-0.2, 0) is 0 Å². The highest BCUT2D eigenvalue weighted by Crippen LogP contribution is 2.24. The SMILES string of the molecule is CCCC(=O)c1ccc(OC(C)C)cc1Cl. The lowest BCUT2D eigenvalue weighted by atomic mass is 10.1. The van der Waals surface area contributed by atoms with E-state index >= 15 is 0 Å². The van der Waals surface area contributed by atoms with Crippen molar-refractivity contribution in [3.63, 3.8) is 0 Å². The van der Waals surface area contributed by atoms with Gasteiger partial charge in [0.1, 0.15) is 5.75 Å². The van der Waals surface area contributed by atoms with Gasteiger partial charge in [-0.25, -0.2) is 0 Å². The molecule has 1 aromatic carbocycles. The van der Waals surface area contributed by atoms with Gasteiger partial charge in [-0.2, -0.15) is 0 Å². The van der Waals surface area contributed by atoms with Gasteiger partial charge in [0, 0.05) is 12.0 Å². The van der Waals surface area contributed by atoms with Crippen LogP contribution in [0.15, 0.2) is 18.2 Å². The second kappa shape index (κ2) is 5.90. The molecule has 0 aliphatic heterocycles. The molecule has 0 atom stereocenters. The largest absolute Gasteiger partial charge is 0.491 e. The molecule has 0 amide bonds. The summed E-state index contributed by atoms with van der Waals surface area (Å²) in [5.74, 6) is 0.789. The van der Waals surface area contributed by atoms with Crippen molar-refractivity contribution >= 4 is 17.4 Å². The quantitative estimate of drug-likeness (QED) is 0.724. The molecule has 0 saturated heterocycles. The topological polar surface area (TPSA) is 26.3 Å². The smallest absolute Gasteiger partial charge is 0.164 e. The Bertz CT molecular complexity index is 372. The van der Waals surface area contributed by atoms with Crippen molar-refractivity contribution in [3.8, 4) is 5.75 Å². The molecule has 0 aliphatic carbocycles. The Kier molecular flexibility index (Phi) is 4.81. The number of carbonyl (C=O) groups excluding carboxylic acids is 1. The van der Waals surface area contributed by atoms with E-state index in [2.05, 4.69) is 0 Å². The minimum Gasteiger partial charge on any atom is -0.491 e. The van der Waals surface area contributed by atoms with E-state index in [9.17, 15) is 4.79 Å². The zero-order valence-electron chi connectivity index (χ0n) is 9.92. The van der Waals surface area contributed by atoms with Crippen LogP contribution in [0, 0.1) is 0 Å².